The standard InChI is InChI=1S/C118H120BN3/c1-115(2,3)91-61-63-106-100(69-91)101-70-92(116(4,5)6)62-64-107(101)120(106)93-71-110-112-111(72-93)122(114-96(89-55-33-51-85(67-89)79-41-23-15-24-42-79)59-36-60-97(114)90-56-34-52-86(68-90)80-43-25-16-26-44-80)109-76-103(118(10,11)12)99(82-47-29-18-30-48-82)74-105(109)119(112)104-73-98(81-45-27-17-28-46-81)102(117(7,8)9)75-108(104)121(110)113-94(87-53-31-49-83(65-87)77-37-19-13-20-38-77)57-35-58-95(113)88-54-32-50-84(66-88)78-39-21-14-22-40-78/h13-15,17-21,23,25,27-32,36-37,39,43-50,52-55,58-67,69-77,79,90,96,114H,16,22,24,26,33-35,38,40-42,51,56-57,68H2,1-12H3. The third-order valence-electron chi connectivity index (χ3n) is 28.7. The molecule has 0 saturated carbocycles. The highest BCUT2D eigenvalue weighted by molar-refractivity contribution is 7.00. The van der Waals surface area contributed by atoms with Gasteiger partial charge in [-0.3, -0.25) is 0 Å². The normalized spacial score (nSPS) is 20.9. The van der Waals surface area contributed by atoms with Crippen molar-refractivity contribution in [2.45, 2.75) is 213 Å². The Bertz CT molecular complexity index is 6280. The van der Waals surface area contributed by atoms with Crippen molar-refractivity contribution < 1.29 is 0 Å². The minimum absolute atomic E-state index is 0.0000659. The Labute approximate surface area is 728 Å². The molecule has 5 atom stereocenters. The lowest BCUT2D eigenvalue weighted by molar-refractivity contribution is 0.467. The molecule has 0 radical (unpaired) electrons. The first-order valence-corrected chi connectivity index (χ1v) is 46.2. The average molecular weight is 1590 g/mol. The van der Waals surface area contributed by atoms with E-state index in [1.807, 2.05) is 0 Å². The minimum Gasteiger partial charge on any atom is -0.334 e. The van der Waals surface area contributed by atoms with Crippen LogP contribution in [0.15, 0.2) is 331 Å². The highest BCUT2D eigenvalue weighted by Gasteiger charge is 2.51. The Kier molecular flexibility index (Phi) is 20.5. The van der Waals surface area contributed by atoms with Gasteiger partial charge in [-0.15, -0.1) is 0 Å². The topological polar surface area (TPSA) is 11.4 Å². The van der Waals surface area contributed by atoms with Crippen LogP contribution in [0.2, 0.25) is 0 Å². The molecule has 122 heavy (non-hydrogen) atoms. The van der Waals surface area contributed by atoms with Gasteiger partial charge in [-0.1, -0.05) is 331 Å². The van der Waals surface area contributed by atoms with Gasteiger partial charge in [0.1, 0.15) is 0 Å². The molecule has 5 unspecified atom stereocenters. The number of allylic oxidation sites excluding steroid dienone is 24. The van der Waals surface area contributed by atoms with E-state index in [0.717, 1.165) is 89.9 Å². The van der Waals surface area contributed by atoms with Crippen LogP contribution in [-0.2, 0) is 21.7 Å². The SMILES string of the molecule is CC(C)(C)c1ccc2c(c1)c1cc(C(C)(C)C)ccc1n2-c1cc2c3c(c1)N(C1C(C4CCC=C(C5=CCCC=C5)C4)=CC=CC1C1=CCCC(C4CC=CCC4)=C1)c1cc(C(C)(C)C)c(-c4ccccc4)cc1B3c1cc(-c3ccccc3)c(C(C)(C)C)cc1N2C1=C(c2cccc(C3C=CC=CC3)c2)CCC=C1c1cccc(C2=CC=CCC2)c1. The van der Waals surface area contributed by atoms with E-state index in [1.54, 1.807) is 11.1 Å². The van der Waals surface area contributed by atoms with E-state index in [4.69, 9.17) is 0 Å². The molecule has 0 fully saturated rings. The van der Waals surface area contributed by atoms with Crippen LogP contribution in [0.25, 0.3) is 66.5 Å². The molecule has 2 aliphatic heterocycles. The summed E-state index contributed by atoms with van der Waals surface area (Å²) in [5.74, 6) is 1.08. The second-order valence-corrected chi connectivity index (χ2v) is 40.8. The van der Waals surface area contributed by atoms with Gasteiger partial charge in [0, 0.05) is 50.9 Å². The molecule has 0 bridgehead atoms. The largest absolute Gasteiger partial charge is 0.334 e. The first-order chi connectivity index (χ1) is 59.1. The molecule has 4 heteroatoms. The third kappa shape index (κ3) is 14.5. The lowest BCUT2D eigenvalue weighted by Crippen LogP contribution is -2.64. The van der Waals surface area contributed by atoms with Crippen LogP contribution in [0.4, 0.5) is 22.7 Å². The lowest BCUT2D eigenvalue weighted by Gasteiger charge is -2.51. The zero-order valence-electron chi connectivity index (χ0n) is 74.2. The molecule has 0 spiro atoms. The van der Waals surface area contributed by atoms with Crippen molar-refractivity contribution >= 4 is 84.4 Å². The Balaban J connectivity index is 0.972. The van der Waals surface area contributed by atoms with E-state index in [-0.39, 0.29) is 52.2 Å². The molecule has 8 aliphatic carbocycles. The molecule has 0 amide bonds. The zero-order chi connectivity index (χ0) is 83.5. The fourth-order valence-corrected chi connectivity index (χ4v) is 22.4. The molecule has 1 aromatic heterocycles. The minimum atomic E-state index is -0.293. The quantitative estimate of drug-likeness (QED) is 0.0842. The summed E-state index contributed by atoms with van der Waals surface area (Å²) in [4.78, 5) is 5.99. The van der Waals surface area contributed by atoms with E-state index in [9.17, 15) is 0 Å². The van der Waals surface area contributed by atoms with Crippen LogP contribution in [0.5, 0.6) is 0 Å². The van der Waals surface area contributed by atoms with Gasteiger partial charge in [0.25, 0.3) is 6.71 Å². The number of rotatable bonds is 13. The van der Waals surface area contributed by atoms with Gasteiger partial charge in [-0.05, 0) is 301 Å². The summed E-state index contributed by atoms with van der Waals surface area (Å²) in [5, 5.41) is 2.58. The van der Waals surface area contributed by atoms with Crippen molar-refractivity contribution in [1.29, 1.82) is 0 Å². The summed E-state index contributed by atoms with van der Waals surface area (Å²) in [6.07, 6.45) is 62.9. The summed E-state index contributed by atoms with van der Waals surface area (Å²) in [6, 6.07) is 73.9. The predicted octanol–water partition coefficient (Wildman–Crippen LogP) is 29.8. The second kappa shape index (κ2) is 31.6. The van der Waals surface area contributed by atoms with Crippen LogP contribution < -0.4 is 26.2 Å². The highest BCUT2D eigenvalue weighted by atomic mass is 15.2. The van der Waals surface area contributed by atoms with E-state index in [0.29, 0.717) is 5.92 Å². The number of anilines is 4. The molecule has 9 aromatic carbocycles. The van der Waals surface area contributed by atoms with Crippen LogP contribution in [0, 0.1) is 17.8 Å². The molecule has 10 aliphatic rings. The number of benzene rings is 9. The fourth-order valence-electron chi connectivity index (χ4n) is 22.4. The Morgan fingerprint density at radius 2 is 1.10 bits per heavy atom. The summed E-state index contributed by atoms with van der Waals surface area (Å²) in [7, 11) is 0. The van der Waals surface area contributed by atoms with Gasteiger partial charge in [0.05, 0.1) is 28.5 Å². The zero-order valence-corrected chi connectivity index (χ0v) is 74.2. The first-order valence-electron chi connectivity index (χ1n) is 46.2. The number of aromatic nitrogens is 1. The summed E-state index contributed by atoms with van der Waals surface area (Å²) in [5.41, 5.74) is 40.5. The van der Waals surface area contributed by atoms with Crippen molar-refractivity contribution in [2.75, 3.05) is 9.80 Å². The molecule has 0 saturated heterocycles. The number of nitrogens with zero attached hydrogens (tertiary/aromatic N) is 3. The maximum atomic E-state index is 3.06. The monoisotopic (exact) mass is 1590 g/mol. The van der Waals surface area contributed by atoms with E-state index in [2.05, 4.69) is 395 Å². The molecule has 610 valence electrons. The molecule has 10 aromatic rings. The van der Waals surface area contributed by atoms with Crippen LogP contribution in [0.3, 0.4) is 0 Å². The van der Waals surface area contributed by atoms with Crippen LogP contribution in [-0.4, -0.2) is 17.3 Å². The molecule has 20 rings (SSSR count). The maximum absolute atomic E-state index is 3.06. The summed E-state index contributed by atoms with van der Waals surface area (Å²) < 4.78 is 2.73. The van der Waals surface area contributed by atoms with Gasteiger partial charge in [0.2, 0.25) is 0 Å². The predicted molar refractivity (Wildman–Crippen MR) is 526 cm³/mol. The Hall–Kier alpha value is -11.2. The van der Waals surface area contributed by atoms with Crippen LogP contribution in [0.1, 0.15) is 230 Å². The number of hydrogen-bond donors (Lipinski definition) is 0. The van der Waals surface area contributed by atoms with Gasteiger partial charge >= 0.3 is 0 Å². The smallest absolute Gasteiger partial charge is 0.252 e. The summed E-state index contributed by atoms with van der Waals surface area (Å²) in [6.45, 7) is 28.9. The van der Waals surface area contributed by atoms with Crippen molar-refractivity contribution in [3.8, 4) is 27.9 Å². The molecular weight excluding hydrogens is 1470 g/mol. The fraction of sp³-hybridized carbons (Fsp3) is 0.305. The molecular formula is C118H120BN3. The molecule has 3 nitrogen and oxygen atoms in total. The number of fused-ring (bicyclic) bond motifs is 7. The average Bonchev–Trinajstić information content (AvgIpc) is 0.819. The summed E-state index contributed by atoms with van der Waals surface area (Å²) >= 11 is 0. The number of hydrogen-bond acceptors (Lipinski definition) is 2. The lowest BCUT2D eigenvalue weighted by atomic mass is 9.33. The maximum Gasteiger partial charge on any atom is 0.252 e. The first kappa shape index (κ1) is 79.3. The van der Waals surface area contributed by atoms with Crippen molar-refractivity contribution in [3.05, 3.63) is 376 Å². The Morgan fingerprint density at radius 1 is 0.426 bits per heavy atom. The van der Waals surface area contributed by atoms with Gasteiger partial charge in [0.15, 0.2) is 0 Å². The van der Waals surface area contributed by atoms with E-state index < -0.39 is 0 Å². The second-order valence-electron chi connectivity index (χ2n) is 40.8. The van der Waals surface area contributed by atoms with Gasteiger partial charge in [-0.25, -0.2) is 0 Å². The van der Waals surface area contributed by atoms with Crippen molar-refractivity contribution in [3.63, 3.8) is 0 Å². The highest BCUT2D eigenvalue weighted by Crippen LogP contribution is 2.56. The van der Waals surface area contributed by atoms with Gasteiger partial charge in [-0.2, -0.15) is 0 Å². The van der Waals surface area contributed by atoms with Crippen molar-refractivity contribution in [2.24, 2.45) is 17.8 Å². The third-order valence-corrected chi connectivity index (χ3v) is 28.7. The Morgan fingerprint density at radius 3 is 1.76 bits per heavy atom. The van der Waals surface area contributed by atoms with E-state index in [1.165, 1.54) is 179 Å². The van der Waals surface area contributed by atoms with E-state index >= 15 is 0 Å². The molecule has 3 heterocycles. The van der Waals surface area contributed by atoms with Crippen molar-refractivity contribution in [1.82, 2.24) is 4.57 Å². The van der Waals surface area contributed by atoms with Crippen LogP contribution >= 0.6 is 0 Å². The van der Waals surface area contributed by atoms with Gasteiger partial charge < -0.3 is 14.4 Å². The molecule has 0 N–H and O–H groups in total.